The van der Waals surface area contributed by atoms with Crippen LogP contribution in [0.4, 0.5) is 4.79 Å². The third-order valence-corrected chi connectivity index (χ3v) is 4.60. The Kier molecular flexibility index (Phi) is 4.92. The Hall–Kier alpha value is -1.93. The number of rotatable bonds is 4. The zero-order valence-corrected chi connectivity index (χ0v) is 13.8. The van der Waals surface area contributed by atoms with Gasteiger partial charge in [-0.1, -0.05) is 0 Å². The molecule has 1 saturated heterocycles. The quantitative estimate of drug-likeness (QED) is 0.915. The molecule has 0 unspecified atom stereocenters. The van der Waals surface area contributed by atoms with Crippen molar-refractivity contribution in [2.75, 3.05) is 19.7 Å². The number of aromatic nitrogens is 2. The van der Waals surface area contributed by atoms with Gasteiger partial charge in [-0.3, -0.25) is 14.1 Å². The fourth-order valence-electron chi connectivity index (χ4n) is 2.85. The number of thiazole rings is 1. The van der Waals surface area contributed by atoms with Gasteiger partial charge in [0.1, 0.15) is 0 Å². The van der Waals surface area contributed by atoms with Gasteiger partial charge < -0.3 is 10.1 Å². The summed E-state index contributed by atoms with van der Waals surface area (Å²) in [4.78, 5) is 31.0. The first kappa shape index (κ1) is 15.9. The maximum atomic E-state index is 12.0. The number of piperidine rings is 1. The molecule has 1 amide bonds. The van der Waals surface area contributed by atoms with E-state index in [-0.39, 0.29) is 17.7 Å². The van der Waals surface area contributed by atoms with Gasteiger partial charge in [0, 0.05) is 36.8 Å². The summed E-state index contributed by atoms with van der Waals surface area (Å²) >= 11 is 1.45. The van der Waals surface area contributed by atoms with Crippen molar-refractivity contribution in [2.24, 2.45) is 0 Å². The van der Waals surface area contributed by atoms with Crippen molar-refractivity contribution in [3.05, 3.63) is 33.7 Å². The van der Waals surface area contributed by atoms with E-state index < -0.39 is 0 Å². The van der Waals surface area contributed by atoms with E-state index >= 15 is 0 Å². The number of nitrogens with one attached hydrogen (secondary N) is 1. The van der Waals surface area contributed by atoms with Crippen LogP contribution in [0.25, 0.3) is 4.96 Å². The molecule has 1 fully saturated rings. The Morgan fingerprint density at radius 3 is 3.26 bits per heavy atom. The summed E-state index contributed by atoms with van der Waals surface area (Å²) in [5.74, 6) is 0. The number of amides is 1. The molecule has 1 N–H and O–H groups in total. The first-order chi connectivity index (χ1) is 11.2. The molecule has 0 radical (unpaired) electrons. The summed E-state index contributed by atoms with van der Waals surface area (Å²) in [6.07, 6.45) is 3.31. The number of carbonyl (C=O) groups is 1. The summed E-state index contributed by atoms with van der Waals surface area (Å²) in [7, 11) is 0. The van der Waals surface area contributed by atoms with Gasteiger partial charge in [-0.25, -0.2) is 9.78 Å². The number of hydrogen-bond donors (Lipinski definition) is 1. The normalized spacial score (nSPS) is 18.9. The third kappa shape index (κ3) is 3.89. The molecule has 3 rings (SSSR count). The predicted octanol–water partition coefficient (Wildman–Crippen LogP) is 1.47. The highest BCUT2D eigenvalue weighted by Gasteiger charge is 2.22. The van der Waals surface area contributed by atoms with Crippen LogP contribution in [0.15, 0.2) is 22.4 Å². The molecule has 2 aromatic rings. The second-order valence-corrected chi connectivity index (χ2v) is 6.45. The van der Waals surface area contributed by atoms with Gasteiger partial charge in [0.2, 0.25) is 0 Å². The lowest BCUT2D eigenvalue weighted by Crippen LogP contribution is -2.47. The summed E-state index contributed by atoms with van der Waals surface area (Å²) in [5.41, 5.74) is 0.721. The molecule has 3 heterocycles. The van der Waals surface area contributed by atoms with E-state index in [2.05, 4.69) is 15.2 Å². The molecular weight excluding hydrogens is 316 g/mol. The monoisotopic (exact) mass is 336 g/mol. The Morgan fingerprint density at radius 2 is 2.43 bits per heavy atom. The maximum absolute atomic E-state index is 12.0. The largest absolute Gasteiger partial charge is 0.450 e. The molecule has 7 nitrogen and oxygen atoms in total. The van der Waals surface area contributed by atoms with Crippen LogP contribution in [0, 0.1) is 0 Å². The zero-order valence-electron chi connectivity index (χ0n) is 13.0. The summed E-state index contributed by atoms with van der Waals surface area (Å²) in [5, 5.41) is 4.74. The molecule has 124 valence electrons. The first-order valence-electron chi connectivity index (χ1n) is 7.77. The summed E-state index contributed by atoms with van der Waals surface area (Å²) in [6.45, 7) is 4.45. The average Bonchev–Trinajstić information content (AvgIpc) is 2.96. The van der Waals surface area contributed by atoms with E-state index in [9.17, 15) is 9.59 Å². The third-order valence-electron chi connectivity index (χ3n) is 3.84. The number of alkyl carbamates (subject to hydrolysis) is 1. The standard InChI is InChI=1S/C15H20N4O3S/c1-2-22-15(21)17-11-4-3-5-18(9-11)10-12-8-13(20)19-6-7-23-14(19)16-12/h6-8,11H,2-5,9-10H2,1H3,(H,17,21)/t11-/m0/s1. The topological polar surface area (TPSA) is 75.9 Å². The van der Waals surface area contributed by atoms with Gasteiger partial charge in [0.15, 0.2) is 4.96 Å². The molecule has 0 spiro atoms. The van der Waals surface area contributed by atoms with Crippen LogP contribution in [-0.4, -0.2) is 46.1 Å². The first-order valence-corrected chi connectivity index (χ1v) is 8.65. The molecular formula is C15H20N4O3S. The Balaban J connectivity index is 1.64. The second-order valence-electron chi connectivity index (χ2n) is 5.58. The highest BCUT2D eigenvalue weighted by atomic mass is 32.1. The lowest BCUT2D eigenvalue weighted by atomic mass is 10.1. The van der Waals surface area contributed by atoms with Crippen molar-refractivity contribution in [1.82, 2.24) is 19.6 Å². The lowest BCUT2D eigenvalue weighted by molar-refractivity contribution is 0.132. The molecule has 1 atom stereocenters. The van der Waals surface area contributed by atoms with Gasteiger partial charge in [-0.05, 0) is 26.3 Å². The van der Waals surface area contributed by atoms with Crippen molar-refractivity contribution in [3.63, 3.8) is 0 Å². The SMILES string of the molecule is CCOC(=O)N[C@H]1CCCN(Cc2cc(=O)n3ccsc3n2)C1. The van der Waals surface area contributed by atoms with Gasteiger partial charge in [-0.15, -0.1) is 11.3 Å². The van der Waals surface area contributed by atoms with Gasteiger partial charge in [0.05, 0.1) is 12.3 Å². The van der Waals surface area contributed by atoms with Crippen LogP contribution < -0.4 is 10.9 Å². The molecule has 0 bridgehead atoms. The van der Waals surface area contributed by atoms with E-state index in [1.807, 2.05) is 5.38 Å². The minimum atomic E-state index is -0.365. The summed E-state index contributed by atoms with van der Waals surface area (Å²) < 4.78 is 6.48. The van der Waals surface area contributed by atoms with Crippen LogP contribution in [0.3, 0.4) is 0 Å². The van der Waals surface area contributed by atoms with Crippen molar-refractivity contribution in [2.45, 2.75) is 32.4 Å². The highest BCUT2D eigenvalue weighted by molar-refractivity contribution is 7.15. The molecule has 0 aromatic carbocycles. The maximum Gasteiger partial charge on any atom is 0.407 e. The number of hydrogen-bond acceptors (Lipinski definition) is 6. The Labute approximate surface area is 137 Å². The van der Waals surface area contributed by atoms with Crippen LogP contribution in [0.2, 0.25) is 0 Å². The van der Waals surface area contributed by atoms with Crippen LogP contribution in [-0.2, 0) is 11.3 Å². The Bertz CT molecular complexity index is 742. The Morgan fingerprint density at radius 1 is 1.57 bits per heavy atom. The molecule has 0 saturated carbocycles. The van der Waals surface area contributed by atoms with Crippen LogP contribution in [0.1, 0.15) is 25.5 Å². The van der Waals surface area contributed by atoms with Crippen molar-refractivity contribution in [3.8, 4) is 0 Å². The fraction of sp³-hybridized carbons (Fsp3) is 0.533. The van der Waals surface area contributed by atoms with Gasteiger partial charge in [0.25, 0.3) is 5.56 Å². The van der Waals surface area contributed by atoms with Crippen molar-refractivity contribution in [1.29, 1.82) is 0 Å². The minimum Gasteiger partial charge on any atom is -0.450 e. The van der Waals surface area contributed by atoms with E-state index in [0.29, 0.717) is 18.1 Å². The fourth-order valence-corrected chi connectivity index (χ4v) is 3.59. The highest BCUT2D eigenvalue weighted by Crippen LogP contribution is 2.14. The molecule has 2 aromatic heterocycles. The number of likely N-dealkylation sites (tertiary alicyclic amines) is 1. The second kappa shape index (κ2) is 7.10. The molecule has 8 heteroatoms. The van der Waals surface area contributed by atoms with Gasteiger partial charge in [-0.2, -0.15) is 0 Å². The van der Waals surface area contributed by atoms with Crippen molar-refractivity contribution >= 4 is 22.4 Å². The molecule has 1 aliphatic heterocycles. The van der Waals surface area contributed by atoms with Gasteiger partial charge >= 0.3 is 6.09 Å². The van der Waals surface area contributed by atoms with Crippen LogP contribution in [0.5, 0.6) is 0 Å². The van der Waals surface area contributed by atoms with E-state index in [0.717, 1.165) is 31.6 Å². The van der Waals surface area contributed by atoms with Crippen molar-refractivity contribution < 1.29 is 9.53 Å². The number of carbonyl (C=O) groups excluding carboxylic acids is 1. The van der Waals surface area contributed by atoms with E-state index in [1.165, 1.54) is 11.3 Å². The molecule has 23 heavy (non-hydrogen) atoms. The van der Waals surface area contributed by atoms with E-state index in [4.69, 9.17) is 4.74 Å². The predicted molar refractivity (Wildman–Crippen MR) is 87.8 cm³/mol. The average molecular weight is 336 g/mol. The minimum absolute atomic E-state index is 0.0514. The molecule has 0 aliphatic carbocycles. The lowest BCUT2D eigenvalue weighted by Gasteiger charge is -2.32. The van der Waals surface area contributed by atoms with Crippen LogP contribution >= 0.6 is 11.3 Å². The molecule has 1 aliphatic rings. The summed E-state index contributed by atoms with van der Waals surface area (Å²) in [6, 6.07) is 1.66. The number of fused-ring (bicyclic) bond motifs is 1. The van der Waals surface area contributed by atoms with E-state index in [1.54, 1.807) is 23.6 Å². The smallest absolute Gasteiger partial charge is 0.407 e. The number of nitrogens with zero attached hydrogens (tertiary/aromatic N) is 3. The number of ether oxygens (including phenoxy) is 1. The zero-order chi connectivity index (χ0) is 16.2.